The SMILES string of the molecule is CCOC(=O)c1c(Cl)nc(SC)nc1N1CCCCC1. The second-order valence-electron chi connectivity index (χ2n) is 4.47. The Labute approximate surface area is 128 Å². The summed E-state index contributed by atoms with van der Waals surface area (Å²) < 4.78 is 5.08. The third-order valence-electron chi connectivity index (χ3n) is 3.14. The highest BCUT2D eigenvalue weighted by Crippen LogP contribution is 2.29. The molecule has 0 bridgehead atoms. The molecule has 0 saturated carbocycles. The largest absolute Gasteiger partial charge is 0.462 e. The lowest BCUT2D eigenvalue weighted by Crippen LogP contribution is -2.32. The van der Waals surface area contributed by atoms with E-state index in [9.17, 15) is 4.79 Å². The van der Waals surface area contributed by atoms with Crippen LogP contribution in [0.5, 0.6) is 0 Å². The molecule has 20 heavy (non-hydrogen) atoms. The van der Waals surface area contributed by atoms with Gasteiger partial charge in [0.25, 0.3) is 0 Å². The maximum Gasteiger partial charge on any atom is 0.345 e. The Kier molecular flexibility index (Phi) is 5.48. The summed E-state index contributed by atoms with van der Waals surface area (Å²) in [4.78, 5) is 22.8. The van der Waals surface area contributed by atoms with Crippen molar-refractivity contribution in [2.45, 2.75) is 31.3 Å². The molecular weight excluding hydrogens is 298 g/mol. The van der Waals surface area contributed by atoms with Crippen molar-refractivity contribution in [2.24, 2.45) is 0 Å². The molecule has 110 valence electrons. The smallest absolute Gasteiger partial charge is 0.345 e. The quantitative estimate of drug-likeness (QED) is 0.368. The van der Waals surface area contributed by atoms with Crippen molar-refractivity contribution in [3.63, 3.8) is 0 Å². The average molecular weight is 316 g/mol. The highest BCUT2D eigenvalue weighted by Gasteiger charge is 2.25. The molecule has 0 N–H and O–H groups in total. The number of halogens is 1. The van der Waals surface area contributed by atoms with Crippen LogP contribution in [0, 0.1) is 0 Å². The van der Waals surface area contributed by atoms with E-state index in [0.29, 0.717) is 17.6 Å². The fourth-order valence-electron chi connectivity index (χ4n) is 2.21. The third kappa shape index (κ3) is 3.35. The van der Waals surface area contributed by atoms with Gasteiger partial charge in [0.05, 0.1) is 6.61 Å². The molecule has 5 nitrogen and oxygen atoms in total. The number of ether oxygens (including phenoxy) is 1. The van der Waals surface area contributed by atoms with E-state index in [2.05, 4.69) is 14.9 Å². The first kappa shape index (κ1) is 15.4. The van der Waals surface area contributed by atoms with Gasteiger partial charge in [0.15, 0.2) is 5.16 Å². The first-order chi connectivity index (χ1) is 9.67. The highest BCUT2D eigenvalue weighted by atomic mass is 35.5. The first-order valence-corrected chi connectivity index (χ1v) is 8.31. The van der Waals surface area contributed by atoms with Crippen molar-refractivity contribution in [2.75, 3.05) is 30.9 Å². The molecule has 0 atom stereocenters. The van der Waals surface area contributed by atoms with Crippen LogP contribution in [0.3, 0.4) is 0 Å². The summed E-state index contributed by atoms with van der Waals surface area (Å²) in [5.74, 6) is 0.151. The van der Waals surface area contributed by atoms with Crippen LogP contribution in [0.2, 0.25) is 5.15 Å². The average Bonchev–Trinajstić information content (AvgIpc) is 2.47. The topological polar surface area (TPSA) is 55.3 Å². The van der Waals surface area contributed by atoms with Crippen molar-refractivity contribution in [3.8, 4) is 0 Å². The number of hydrogen-bond acceptors (Lipinski definition) is 6. The molecule has 1 aromatic rings. The second kappa shape index (κ2) is 7.13. The number of aromatic nitrogens is 2. The predicted molar refractivity (Wildman–Crippen MR) is 80.8 cm³/mol. The molecule has 1 aromatic heterocycles. The van der Waals surface area contributed by atoms with Gasteiger partial charge in [-0.3, -0.25) is 0 Å². The summed E-state index contributed by atoms with van der Waals surface area (Å²) in [7, 11) is 0. The standard InChI is InChI=1S/C13H18ClN3O2S/c1-3-19-12(18)9-10(14)15-13(20-2)16-11(9)17-7-5-4-6-8-17/h3-8H2,1-2H3. The number of hydrogen-bond donors (Lipinski definition) is 0. The van der Waals surface area contributed by atoms with Crippen LogP contribution >= 0.6 is 23.4 Å². The molecule has 1 fully saturated rings. The molecule has 1 aliphatic rings. The molecule has 7 heteroatoms. The monoisotopic (exact) mass is 315 g/mol. The fourth-order valence-corrected chi connectivity index (χ4v) is 2.86. The van der Waals surface area contributed by atoms with E-state index >= 15 is 0 Å². The summed E-state index contributed by atoms with van der Waals surface area (Å²) in [5.41, 5.74) is 0.285. The summed E-state index contributed by atoms with van der Waals surface area (Å²) in [5, 5.41) is 0.743. The Morgan fingerprint density at radius 1 is 1.35 bits per heavy atom. The molecule has 1 aliphatic heterocycles. The number of carbonyl (C=O) groups excluding carboxylic acids is 1. The maximum atomic E-state index is 12.1. The number of carbonyl (C=O) groups is 1. The van der Waals surface area contributed by atoms with Crippen molar-refractivity contribution in [3.05, 3.63) is 10.7 Å². The van der Waals surface area contributed by atoms with Gasteiger partial charge in [-0.1, -0.05) is 23.4 Å². The van der Waals surface area contributed by atoms with Gasteiger partial charge >= 0.3 is 5.97 Å². The third-order valence-corrected chi connectivity index (χ3v) is 3.96. The molecular formula is C13H18ClN3O2S. The van der Waals surface area contributed by atoms with Crippen LogP contribution in [-0.4, -0.2) is 41.9 Å². The van der Waals surface area contributed by atoms with Crippen molar-refractivity contribution < 1.29 is 9.53 Å². The number of piperidine rings is 1. The Bertz CT molecular complexity index is 493. The minimum atomic E-state index is -0.453. The van der Waals surface area contributed by atoms with Crippen LogP contribution in [0.1, 0.15) is 36.5 Å². The summed E-state index contributed by atoms with van der Waals surface area (Å²) in [6, 6.07) is 0. The van der Waals surface area contributed by atoms with Crippen LogP contribution in [0.15, 0.2) is 5.16 Å². The Balaban J connectivity index is 2.43. The molecule has 2 heterocycles. The molecule has 0 aromatic carbocycles. The lowest BCUT2D eigenvalue weighted by Gasteiger charge is -2.29. The maximum absolute atomic E-state index is 12.1. The van der Waals surface area contributed by atoms with Gasteiger partial charge in [-0.2, -0.15) is 0 Å². The van der Waals surface area contributed by atoms with Crippen LogP contribution < -0.4 is 4.90 Å². The van der Waals surface area contributed by atoms with Gasteiger partial charge in [-0.25, -0.2) is 14.8 Å². The van der Waals surface area contributed by atoms with E-state index in [1.165, 1.54) is 18.2 Å². The van der Waals surface area contributed by atoms with E-state index in [1.807, 2.05) is 6.26 Å². The van der Waals surface area contributed by atoms with E-state index in [0.717, 1.165) is 25.9 Å². The van der Waals surface area contributed by atoms with Crippen molar-refractivity contribution in [1.29, 1.82) is 0 Å². The minimum absolute atomic E-state index is 0.170. The zero-order valence-corrected chi connectivity index (χ0v) is 13.3. The van der Waals surface area contributed by atoms with E-state index < -0.39 is 5.97 Å². The number of nitrogens with zero attached hydrogens (tertiary/aromatic N) is 3. The van der Waals surface area contributed by atoms with Crippen LogP contribution in [0.4, 0.5) is 5.82 Å². The van der Waals surface area contributed by atoms with E-state index in [-0.39, 0.29) is 10.7 Å². The Morgan fingerprint density at radius 3 is 2.65 bits per heavy atom. The Morgan fingerprint density at radius 2 is 2.05 bits per heavy atom. The summed E-state index contributed by atoms with van der Waals surface area (Å²) >= 11 is 7.58. The molecule has 0 aliphatic carbocycles. The summed E-state index contributed by atoms with van der Waals surface area (Å²) in [6.45, 7) is 3.84. The second-order valence-corrected chi connectivity index (χ2v) is 5.60. The van der Waals surface area contributed by atoms with Gasteiger partial charge < -0.3 is 9.64 Å². The van der Waals surface area contributed by atoms with Crippen molar-refractivity contribution in [1.82, 2.24) is 9.97 Å². The molecule has 0 unspecified atom stereocenters. The van der Waals surface area contributed by atoms with Gasteiger partial charge in [0.1, 0.15) is 16.5 Å². The number of anilines is 1. The van der Waals surface area contributed by atoms with E-state index in [1.54, 1.807) is 6.92 Å². The lowest BCUT2D eigenvalue weighted by atomic mass is 10.1. The lowest BCUT2D eigenvalue weighted by molar-refractivity contribution is 0.0526. The molecule has 0 spiro atoms. The fraction of sp³-hybridized carbons (Fsp3) is 0.615. The molecule has 2 rings (SSSR count). The van der Waals surface area contributed by atoms with Gasteiger partial charge in [-0.15, -0.1) is 0 Å². The predicted octanol–water partition coefficient (Wildman–Crippen LogP) is 3.02. The zero-order valence-electron chi connectivity index (χ0n) is 11.7. The Hall–Kier alpha value is -1.01. The van der Waals surface area contributed by atoms with Crippen LogP contribution in [0.25, 0.3) is 0 Å². The highest BCUT2D eigenvalue weighted by molar-refractivity contribution is 7.98. The van der Waals surface area contributed by atoms with Gasteiger partial charge in [-0.05, 0) is 32.4 Å². The molecule has 1 saturated heterocycles. The van der Waals surface area contributed by atoms with Gasteiger partial charge in [0, 0.05) is 13.1 Å². The number of thioether (sulfide) groups is 1. The normalized spacial score (nSPS) is 15.2. The van der Waals surface area contributed by atoms with Crippen molar-refractivity contribution >= 4 is 35.1 Å². The van der Waals surface area contributed by atoms with Gasteiger partial charge in [0.2, 0.25) is 0 Å². The first-order valence-electron chi connectivity index (χ1n) is 6.71. The van der Waals surface area contributed by atoms with E-state index in [4.69, 9.17) is 16.3 Å². The number of rotatable bonds is 4. The number of esters is 1. The summed E-state index contributed by atoms with van der Waals surface area (Å²) in [6.07, 6.45) is 5.28. The molecule has 0 radical (unpaired) electrons. The van der Waals surface area contributed by atoms with Crippen LogP contribution in [-0.2, 0) is 4.74 Å². The molecule has 0 amide bonds. The minimum Gasteiger partial charge on any atom is -0.462 e. The zero-order chi connectivity index (χ0) is 14.5.